The van der Waals surface area contributed by atoms with Crippen LogP contribution >= 0.6 is 11.8 Å². The molecule has 1 aromatic carbocycles. The number of hydrogen-bond donors (Lipinski definition) is 0. The van der Waals surface area contributed by atoms with Crippen LogP contribution in [0.25, 0.3) is 6.08 Å². The first kappa shape index (κ1) is 17.0. The number of carbonyl (C=O) groups excluding carboxylic acids is 2. The highest BCUT2D eigenvalue weighted by atomic mass is 32.2. The molecule has 2 heterocycles. The molecule has 0 saturated carbocycles. The Labute approximate surface area is 146 Å². The van der Waals surface area contributed by atoms with E-state index in [9.17, 15) is 9.59 Å². The van der Waals surface area contributed by atoms with Gasteiger partial charge in [0.05, 0.1) is 24.8 Å². The zero-order valence-corrected chi connectivity index (χ0v) is 14.7. The Kier molecular flexibility index (Phi) is 5.23. The Morgan fingerprint density at radius 1 is 1.17 bits per heavy atom. The molecule has 2 aliphatic rings. The SMILES string of the molecule is CN(C)c1ccc(C=C2SC(=O)N(CN3CCOCC3)C2=O)cc1. The summed E-state index contributed by atoms with van der Waals surface area (Å²) in [6, 6.07) is 7.88. The molecule has 0 spiro atoms. The van der Waals surface area contributed by atoms with Crippen LogP contribution in [-0.4, -0.2) is 68.0 Å². The number of anilines is 1. The average Bonchev–Trinajstić information content (AvgIpc) is 2.84. The molecule has 7 heteroatoms. The van der Waals surface area contributed by atoms with Gasteiger partial charge < -0.3 is 9.64 Å². The maximum atomic E-state index is 12.5. The Hall–Kier alpha value is -1.83. The van der Waals surface area contributed by atoms with Crippen molar-refractivity contribution in [3.05, 3.63) is 34.7 Å². The van der Waals surface area contributed by atoms with Crippen LogP contribution in [0.4, 0.5) is 10.5 Å². The van der Waals surface area contributed by atoms with Crippen LogP contribution in [0.3, 0.4) is 0 Å². The van der Waals surface area contributed by atoms with Crippen LogP contribution in [-0.2, 0) is 9.53 Å². The highest BCUT2D eigenvalue weighted by Crippen LogP contribution is 2.32. The number of carbonyl (C=O) groups is 2. The molecule has 0 radical (unpaired) electrons. The summed E-state index contributed by atoms with van der Waals surface area (Å²) >= 11 is 1.01. The number of thioether (sulfide) groups is 1. The summed E-state index contributed by atoms with van der Waals surface area (Å²) in [5.74, 6) is -0.215. The first-order valence-electron chi connectivity index (χ1n) is 7.87. The van der Waals surface area contributed by atoms with Gasteiger partial charge in [0.25, 0.3) is 11.1 Å². The molecule has 128 valence electrons. The minimum Gasteiger partial charge on any atom is -0.379 e. The number of benzene rings is 1. The molecule has 0 atom stereocenters. The largest absolute Gasteiger partial charge is 0.379 e. The molecule has 1 aromatic rings. The van der Waals surface area contributed by atoms with Gasteiger partial charge in [-0.05, 0) is 35.5 Å². The van der Waals surface area contributed by atoms with Gasteiger partial charge in [0.15, 0.2) is 0 Å². The van der Waals surface area contributed by atoms with E-state index in [0.29, 0.717) is 24.8 Å². The predicted octanol–water partition coefficient (Wildman–Crippen LogP) is 2.08. The smallest absolute Gasteiger partial charge is 0.294 e. The van der Waals surface area contributed by atoms with Gasteiger partial charge in [-0.3, -0.25) is 19.4 Å². The minimum absolute atomic E-state index is 0.206. The molecule has 24 heavy (non-hydrogen) atoms. The van der Waals surface area contributed by atoms with Gasteiger partial charge in [-0.25, -0.2) is 0 Å². The van der Waals surface area contributed by atoms with E-state index >= 15 is 0 Å². The van der Waals surface area contributed by atoms with Gasteiger partial charge in [-0.15, -0.1) is 0 Å². The zero-order valence-electron chi connectivity index (χ0n) is 13.9. The molecule has 0 unspecified atom stereocenters. The quantitative estimate of drug-likeness (QED) is 0.778. The van der Waals surface area contributed by atoms with Crippen molar-refractivity contribution in [2.75, 3.05) is 52.0 Å². The fourth-order valence-electron chi connectivity index (χ4n) is 2.58. The molecular formula is C17H21N3O3S. The lowest BCUT2D eigenvalue weighted by atomic mass is 10.2. The molecule has 0 aliphatic carbocycles. The Morgan fingerprint density at radius 2 is 1.83 bits per heavy atom. The second kappa shape index (κ2) is 7.38. The predicted molar refractivity (Wildman–Crippen MR) is 95.8 cm³/mol. The summed E-state index contributed by atoms with van der Waals surface area (Å²) in [5, 5.41) is -0.206. The normalized spacial score (nSPS) is 20.9. The molecular weight excluding hydrogens is 326 g/mol. The van der Waals surface area contributed by atoms with Crippen LogP contribution in [0.15, 0.2) is 29.2 Å². The van der Waals surface area contributed by atoms with E-state index in [0.717, 1.165) is 36.1 Å². The number of imide groups is 1. The van der Waals surface area contributed by atoms with Gasteiger partial charge in [0, 0.05) is 32.9 Å². The van der Waals surface area contributed by atoms with Crippen molar-refractivity contribution in [3.8, 4) is 0 Å². The number of amides is 2. The summed E-state index contributed by atoms with van der Waals surface area (Å²) in [4.78, 5) is 30.6. The van der Waals surface area contributed by atoms with Crippen LogP contribution < -0.4 is 4.90 Å². The second-order valence-electron chi connectivity index (χ2n) is 5.97. The average molecular weight is 347 g/mol. The Bertz CT molecular complexity index is 652. The third-order valence-corrected chi connectivity index (χ3v) is 4.93. The minimum atomic E-state index is -0.215. The van der Waals surface area contributed by atoms with E-state index in [2.05, 4.69) is 4.90 Å². The molecule has 6 nitrogen and oxygen atoms in total. The van der Waals surface area contributed by atoms with Gasteiger partial charge in [-0.2, -0.15) is 0 Å². The van der Waals surface area contributed by atoms with Crippen molar-refractivity contribution in [2.24, 2.45) is 0 Å². The van der Waals surface area contributed by atoms with Gasteiger partial charge in [0.2, 0.25) is 0 Å². The summed E-state index contributed by atoms with van der Waals surface area (Å²) in [7, 11) is 3.96. The molecule has 0 N–H and O–H groups in total. The fourth-order valence-corrected chi connectivity index (χ4v) is 3.42. The fraction of sp³-hybridized carbons (Fsp3) is 0.412. The molecule has 0 aromatic heterocycles. The van der Waals surface area contributed by atoms with E-state index in [1.165, 1.54) is 4.90 Å². The van der Waals surface area contributed by atoms with Crippen LogP contribution in [0.1, 0.15) is 5.56 Å². The topological polar surface area (TPSA) is 53.1 Å². The molecule has 0 bridgehead atoms. The van der Waals surface area contributed by atoms with E-state index in [1.54, 1.807) is 6.08 Å². The lowest BCUT2D eigenvalue weighted by molar-refractivity contribution is -0.125. The van der Waals surface area contributed by atoms with E-state index < -0.39 is 0 Å². The van der Waals surface area contributed by atoms with Crippen LogP contribution in [0, 0.1) is 0 Å². The number of morpholine rings is 1. The molecule has 2 saturated heterocycles. The van der Waals surface area contributed by atoms with E-state index in [-0.39, 0.29) is 11.1 Å². The second-order valence-corrected chi connectivity index (χ2v) is 6.96. The Morgan fingerprint density at radius 3 is 2.46 bits per heavy atom. The highest BCUT2D eigenvalue weighted by Gasteiger charge is 2.36. The number of rotatable bonds is 4. The van der Waals surface area contributed by atoms with Gasteiger partial charge in [0.1, 0.15) is 0 Å². The van der Waals surface area contributed by atoms with Gasteiger partial charge >= 0.3 is 0 Å². The summed E-state index contributed by atoms with van der Waals surface area (Å²) in [6.07, 6.45) is 1.78. The molecule has 2 fully saturated rings. The molecule has 3 rings (SSSR count). The number of nitrogens with zero attached hydrogens (tertiary/aromatic N) is 3. The third-order valence-electron chi connectivity index (χ3n) is 4.03. The molecule has 2 aliphatic heterocycles. The number of ether oxygens (including phenoxy) is 1. The maximum Gasteiger partial charge on any atom is 0.294 e. The van der Waals surface area contributed by atoms with Crippen molar-refractivity contribution >= 4 is 34.7 Å². The van der Waals surface area contributed by atoms with E-state index in [1.807, 2.05) is 43.3 Å². The molecule has 2 amide bonds. The van der Waals surface area contributed by atoms with Gasteiger partial charge in [-0.1, -0.05) is 12.1 Å². The van der Waals surface area contributed by atoms with Crippen molar-refractivity contribution in [3.63, 3.8) is 0 Å². The standard InChI is InChI=1S/C17H21N3O3S/c1-18(2)14-5-3-13(4-6-14)11-15-16(21)20(17(22)24-15)12-19-7-9-23-10-8-19/h3-6,11H,7-10,12H2,1-2H3. The highest BCUT2D eigenvalue weighted by molar-refractivity contribution is 8.18. The Balaban J connectivity index is 1.70. The van der Waals surface area contributed by atoms with Crippen molar-refractivity contribution in [1.29, 1.82) is 0 Å². The first-order valence-corrected chi connectivity index (χ1v) is 8.69. The summed E-state index contributed by atoms with van der Waals surface area (Å²) < 4.78 is 5.29. The van der Waals surface area contributed by atoms with Crippen LogP contribution in [0.5, 0.6) is 0 Å². The first-order chi connectivity index (χ1) is 11.5. The summed E-state index contributed by atoms with van der Waals surface area (Å²) in [5.41, 5.74) is 2.00. The number of hydrogen-bond acceptors (Lipinski definition) is 6. The van der Waals surface area contributed by atoms with Crippen molar-refractivity contribution < 1.29 is 14.3 Å². The summed E-state index contributed by atoms with van der Waals surface area (Å²) in [6.45, 7) is 3.11. The zero-order chi connectivity index (χ0) is 17.1. The van der Waals surface area contributed by atoms with Crippen LogP contribution in [0.2, 0.25) is 0 Å². The third kappa shape index (κ3) is 3.80. The lowest BCUT2D eigenvalue weighted by Gasteiger charge is -2.29. The van der Waals surface area contributed by atoms with Crippen molar-refractivity contribution in [2.45, 2.75) is 0 Å². The maximum absolute atomic E-state index is 12.5. The lowest BCUT2D eigenvalue weighted by Crippen LogP contribution is -2.45. The monoisotopic (exact) mass is 347 g/mol. The van der Waals surface area contributed by atoms with E-state index in [4.69, 9.17) is 4.74 Å². The van der Waals surface area contributed by atoms with Crippen molar-refractivity contribution in [1.82, 2.24) is 9.80 Å².